The molecular formula is C21H22ClN3. The van der Waals surface area contributed by atoms with Crippen LogP contribution in [0.4, 0.5) is 0 Å². The Morgan fingerprint density at radius 3 is 2.52 bits per heavy atom. The molecule has 25 heavy (non-hydrogen) atoms. The zero-order valence-corrected chi connectivity index (χ0v) is 14.9. The van der Waals surface area contributed by atoms with Gasteiger partial charge in [0, 0.05) is 23.0 Å². The van der Waals surface area contributed by atoms with Crippen LogP contribution in [-0.4, -0.2) is 22.2 Å². The van der Waals surface area contributed by atoms with Gasteiger partial charge in [-0.1, -0.05) is 43.0 Å². The number of nitrogens with zero attached hydrogens (tertiary/aromatic N) is 1. The molecule has 4 heteroatoms. The molecule has 3 nitrogen and oxygen atoms in total. The Kier molecular flexibility index (Phi) is 4.75. The number of hydrogen-bond acceptors (Lipinski definition) is 1. The molecule has 1 aliphatic rings. The molecule has 0 saturated heterocycles. The van der Waals surface area contributed by atoms with E-state index in [0.717, 1.165) is 33.2 Å². The first-order valence-electron chi connectivity index (χ1n) is 8.95. The molecule has 0 amide bonds. The van der Waals surface area contributed by atoms with Crippen LogP contribution < -0.4 is 0 Å². The van der Waals surface area contributed by atoms with E-state index in [1.54, 1.807) is 0 Å². The minimum Gasteiger partial charge on any atom is -0.360 e. The minimum atomic E-state index is 0.462. The monoisotopic (exact) mass is 351 g/mol. The number of rotatable bonds is 4. The smallest absolute Gasteiger partial charge is 0.0646 e. The highest BCUT2D eigenvalue weighted by Gasteiger charge is 2.14. The van der Waals surface area contributed by atoms with Crippen LogP contribution in [0.3, 0.4) is 0 Å². The number of aliphatic imine (C=N–C) groups is 1. The normalized spacial score (nSPS) is 15.9. The molecule has 2 aromatic heterocycles. The molecule has 0 aliphatic heterocycles. The van der Waals surface area contributed by atoms with Crippen molar-refractivity contribution in [3.8, 4) is 22.5 Å². The Bertz CT molecular complexity index is 838. The summed E-state index contributed by atoms with van der Waals surface area (Å²) in [4.78, 5) is 11.6. The minimum absolute atomic E-state index is 0.462. The first kappa shape index (κ1) is 16.2. The van der Waals surface area contributed by atoms with Crippen molar-refractivity contribution in [2.75, 3.05) is 0 Å². The number of aromatic amines is 2. The fraction of sp³-hybridized carbons (Fsp3) is 0.286. The van der Waals surface area contributed by atoms with E-state index >= 15 is 0 Å². The van der Waals surface area contributed by atoms with Gasteiger partial charge in [0.2, 0.25) is 0 Å². The van der Waals surface area contributed by atoms with Gasteiger partial charge in [-0.15, -0.1) is 0 Å². The van der Waals surface area contributed by atoms with Crippen molar-refractivity contribution in [1.29, 1.82) is 0 Å². The van der Waals surface area contributed by atoms with Crippen molar-refractivity contribution in [2.45, 2.75) is 38.1 Å². The molecule has 1 aromatic carbocycles. The van der Waals surface area contributed by atoms with E-state index in [1.807, 2.05) is 30.6 Å². The molecule has 1 aliphatic carbocycles. The topological polar surface area (TPSA) is 43.9 Å². The molecule has 3 aromatic rings. The maximum Gasteiger partial charge on any atom is 0.0646 e. The SMILES string of the molecule is Clc1ccc(-c2cc(-c3ccc[nH]3)[nH]c2C=NC2CCCCC2)cc1. The van der Waals surface area contributed by atoms with Gasteiger partial charge < -0.3 is 9.97 Å². The largest absolute Gasteiger partial charge is 0.360 e. The first-order valence-corrected chi connectivity index (χ1v) is 9.33. The summed E-state index contributed by atoms with van der Waals surface area (Å²) in [7, 11) is 0. The van der Waals surface area contributed by atoms with Crippen molar-refractivity contribution in [1.82, 2.24) is 9.97 Å². The zero-order chi connectivity index (χ0) is 17.1. The lowest BCUT2D eigenvalue weighted by molar-refractivity contribution is 0.444. The van der Waals surface area contributed by atoms with E-state index in [4.69, 9.17) is 16.6 Å². The molecule has 1 saturated carbocycles. The second-order valence-corrected chi connectivity index (χ2v) is 7.11. The van der Waals surface area contributed by atoms with Gasteiger partial charge in [-0.3, -0.25) is 4.99 Å². The fourth-order valence-corrected chi connectivity index (χ4v) is 3.62. The van der Waals surface area contributed by atoms with Crippen LogP contribution in [0.1, 0.15) is 37.8 Å². The van der Waals surface area contributed by atoms with Gasteiger partial charge >= 0.3 is 0 Å². The highest BCUT2D eigenvalue weighted by Crippen LogP contribution is 2.30. The quantitative estimate of drug-likeness (QED) is 0.535. The van der Waals surface area contributed by atoms with Crippen molar-refractivity contribution in [3.05, 3.63) is 59.4 Å². The van der Waals surface area contributed by atoms with Crippen LogP contribution in [0, 0.1) is 0 Å². The van der Waals surface area contributed by atoms with E-state index in [9.17, 15) is 0 Å². The molecule has 0 radical (unpaired) electrons. The highest BCUT2D eigenvalue weighted by molar-refractivity contribution is 6.30. The van der Waals surface area contributed by atoms with Gasteiger partial charge in [-0.2, -0.15) is 0 Å². The molecule has 2 heterocycles. The fourth-order valence-electron chi connectivity index (χ4n) is 3.49. The summed E-state index contributed by atoms with van der Waals surface area (Å²) in [6.45, 7) is 0. The lowest BCUT2D eigenvalue weighted by atomic mass is 9.96. The summed E-state index contributed by atoms with van der Waals surface area (Å²) < 4.78 is 0. The third-order valence-electron chi connectivity index (χ3n) is 4.88. The van der Waals surface area contributed by atoms with Gasteiger partial charge in [0.05, 0.1) is 23.1 Å². The van der Waals surface area contributed by atoms with E-state index in [1.165, 1.54) is 32.1 Å². The Morgan fingerprint density at radius 1 is 1.00 bits per heavy atom. The van der Waals surface area contributed by atoms with Crippen molar-refractivity contribution < 1.29 is 0 Å². The predicted octanol–water partition coefficient (Wildman–Crippen LogP) is 6.08. The Balaban J connectivity index is 1.70. The number of H-pyrrole nitrogens is 2. The second-order valence-electron chi connectivity index (χ2n) is 6.67. The van der Waals surface area contributed by atoms with Crippen molar-refractivity contribution in [3.63, 3.8) is 0 Å². The molecule has 0 unspecified atom stereocenters. The lowest BCUT2D eigenvalue weighted by Gasteiger charge is -2.17. The van der Waals surface area contributed by atoms with E-state index in [-0.39, 0.29) is 0 Å². The van der Waals surface area contributed by atoms with Crippen LogP contribution in [0.5, 0.6) is 0 Å². The van der Waals surface area contributed by atoms with Crippen LogP contribution in [0.25, 0.3) is 22.5 Å². The third kappa shape index (κ3) is 3.72. The summed E-state index contributed by atoms with van der Waals surface area (Å²) in [5, 5.41) is 0.751. The molecule has 0 bridgehead atoms. The van der Waals surface area contributed by atoms with Gasteiger partial charge in [0.1, 0.15) is 0 Å². The van der Waals surface area contributed by atoms with E-state index in [0.29, 0.717) is 6.04 Å². The van der Waals surface area contributed by atoms with Crippen molar-refractivity contribution in [2.24, 2.45) is 4.99 Å². The summed E-state index contributed by atoms with van der Waals surface area (Å²) in [6, 6.07) is 14.7. The predicted molar refractivity (Wildman–Crippen MR) is 105 cm³/mol. The third-order valence-corrected chi connectivity index (χ3v) is 5.13. The number of hydrogen-bond donors (Lipinski definition) is 2. The summed E-state index contributed by atoms with van der Waals surface area (Å²) in [5.41, 5.74) is 5.49. The number of benzene rings is 1. The van der Waals surface area contributed by atoms with Crippen LogP contribution in [-0.2, 0) is 0 Å². The highest BCUT2D eigenvalue weighted by atomic mass is 35.5. The number of aromatic nitrogens is 2. The lowest BCUT2D eigenvalue weighted by Crippen LogP contribution is -2.09. The average Bonchev–Trinajstić information content (AvgIpc) is 3.31. The molecule has 4 rings (SSSR count). The Labute approximate surface area is 153 Å². The first-order chi connectivity index (χ1) is 12.3. The standard InChI is InChI=1S/C21H22ClN3/c22-16-10-8-15(9-11-16)18-13-20(19-7-4-12-23-19)25-21(18)14-24-17-5-2-1-3-6-17/h4,7-14,17,23,25H,1-3,5-6H2. The van der Waals surface area contributed by atoms with Gasteiger partial charge in [-0.25, -0.2) is 0 Å². The van der Waals surface area contributed by atoms with Gasteiger partial charge in [0.15, 0.2) is 0 Å². The maximum atomic E-state index is 6.05. The second kappa shape index (κ2) is 7.32. The van der Waals surface area contributed by atoms with Crippen molar-refractivity contribution >= 4 is 17.8 Å². The summed E-state index contributed by atoms with van der Waals surface area (Å²) in [6.07, 6.45) is 10.3. The summed E-state index contributed by atoms with van der Waals surface area (Å²) >= 11 is 6.05. The molecule has 0 spiro atoms. The van der Waals surface area contributed by atoms with E-state index in [2.05, 4.69) is 34.2 Å². The molecule has 128 valence electrons. The Morgan fingerprint density at radius 2 is 1.80 bits per heavy atom. The Hall–Kier alpha value is -2.26. The van der Waals surface area contributed by atoms with Crippen LogP contribution in [0.15, 0.2) is 53.7 Å². The molecular weight excluding hydrogens is 330 g/mol. The molecule has 0 atom stereocenters. The zero-order valence-electron chi connectivity index (χ0n) is 14.1. The molecule has 1 fully saturated rings. The van der Waals surface area contributed by atoms with Gasteiger partial charge in [0.25, 0.3) is 0 Å². The average molecular weight is 352 g/mol. The van der Waals surface area contributed by atoms with E-state index < -0.39 is 0 Å². The van der Waals surface area contributed by atoms with Gasteiger partial charge in [-0.05, 0) is 48.7 Å². The number of nitrogens with one attached hydrogen (secondary N) is 2. The van der Waals surface area contributed by atoms with Crippen LogP contribution >= 0.6 is 11.6 Å². The maximum absolute atomic E-state index is 6.05. The summed E-state index contributed by atoms with van der Waals surface area (Å²) in [5.74, 6) is 0. The van der Waals surface area contributed by atoms with Crippen LogP contribution in [0.2, 0.25) is 5.02 Å². The molecule has 2 N–H and O–H groups in total. The number of halogens is 1.